The van der Waals surface area contributed by atoms with Crippen LogP contribution in [-0.2, 0) is 34.6 Å². The minimum Gasteiger partial charge on any atom is -0.228 e. The summed E-state index contributed by atoms with van der Waals surface area (Å²) in [7, 11) is -3.41. The normalized spacial score (nSPS) is 15.6. The van der Waals surface area contributed by atoms with Crippen molar-refractivity contribution in [3.05, 3.63) is 70.8 Å². The van der Waals surface area contributed by atoms with Crippen LogP contribution in [-0.4, -0.2) is 13.7 Å². The van der Waals surface area contributed by atoms with E-state index in [4.69, 9.17) is 0 Å². The number of rotatable bonds is 3. The van der Waals surface area contributed by atoms with Gasteiger partial charge in [0.15, 0.2) is 9.84 Å². The molecule has 0 spiro atoms. The van der Waals surface area contributed by atoms with Gasteiger partial charge >= 0.3 is 6.18 Å². The Kier molecular flexibility index (Phi) is 3.96. The first kappa shape index (κ1) is 16.1. The molecule has 1 aliphatic rings. The van der Waals surface area contributed by atoms with E-state index in [2.05, 4.69) is 0 Å². The SMILES string of the molecule is O=S(=O)(Cc1ccc(C(F)(F)F)cc1)C1Cc2ccccc2C1. The maximum absolute atomic E-state index is 12.5. The molecule has 0 bridgehead atoms. The summed E-state index contributed by atoms with van der Waals surface area (Å²) in [4.78, 5) is 0. The second-order valence-electron chi connectivity index (χ2n) is 5.80. The zero-order chi connectivity index (χ0) is 16.7. The third kappa shape index (κ3) is 3.42. The Labute approximate surface area is 132 Å². The predicted octanol–water partition coefficient (Wildman–Crippen LogP) is 3.79. The molecular weight excluding hydrogens is 325 g/mol. The number of halogens is 3. The van der Waals surface area contributed by atoms with Gasteiger partial charge in [0.05, 0.1) is 16.6 Å². The Morgan fingerprint density at radius 1 is 0.913 bits per heavy atom. The highest BCUT2D eigenvalue weighted by atomic mass is 32.2. The van der Waals surface area contributed by atoms with E-state index in [0.29, 0.717) is 18.4 Å². The number of hydrogen-bond acceptors (Lipinski definition) is 2. The molecule has 0 saturated heterocycles. The van der Waals surface area contributed by atoms with Gasteiger partial charge in [0.1, 0.15) is 0 Å². The maximum Gasteiger partial charge on any atom is 0.416 e. The molecule has 6 heteroatoms. The Balaban J connectivity index is 1.75. The maximum atomic E-state index is 12.5. The van der Waals surface area contributed by atoms with E-state index >= 15 is 0 Å². The van der Waals surface area contributed by atoms with E-state index in [1.54, 1.807) is 0 Å². The van der Waals surface area contributed by atoms with Crippen LogP contribution in [0.25, 0.3) is 0 Å². The molecule has 23 heavy (non-hydrogen) atoms. The standard InChI is InChI=1S/C17H15F3O2S/c18-17(19,20)15-7-5-12(6-8-15)11-23(21,22)16-9-13-3-1-2-4-14(13)10-16/h1-8,16H,9-11H2. The third-order valence-electron chi connectivity index (χ3n) is 4.17. The summed E-state index contributed by atoms with van der Waals surface area (Å²) in [5, 5.41) is -0.498. The van der Waals surface area contributed by atoms with Gasteiger partial charge in [0.25, 0.3) is 0 Å². The molecule has 0 N–H and O–H groups in total. The van der Waals surface area contributed by atoms with Gasteiger partial charge in [0.2, 0.25) is 0 Å². The monoisotopic (exact) mass is 340 g/mol. The van der Waals surface area contributed by atoms with Crippen LogP contribution in [0.3, 0.4) is 0 Å². The first-order valence-corrected chi connectivity index (χ1v) is 8.92. The summed E-state index contributed by atoms with van der Waals surface area (Å²) >= 11 is 0. The molecule has 0 unspecified atom stereocenters. The van der Waals surface area contributed by atoms with Gasteiger partial charge in [0, 0.05) is 0 Å². The van der Waals surface area contributed by atoms with Gasteiger partial charge in [-0.3, -0.25) is 0 Å². The Hall–Kier alpha value is -1.82. The minimum absolute atomic E-state index is 0.232. The molecule has 3 rings (SSSR count). The van der Waals surface area contributed by atoms with Crippen molar-refractivity contribution >= 4 is 9.84 Å². The van der Waals surface area contributed by atoms with Crippen LogP contribution in [0, 0.1) is 0 Å². The highest BCUT2D eigenvalue weighted by Crippen LogP contribution is 2.31. The lowest BCUT2D eigenvalue weighted by Gasteiger charge is -2.12. The first-order valence-electron chi connectivity index (χ1n) is 7.20. The van der Waals surface area contributed by atoms with Gasteiger partial charge in [-0.15, -0.1) is 0 Å². The Bertz CT molecular complexity index is 783. The van der Waals surface area contributed by atoms with Crippen LogP contribution >= 0.6 is 0 Å². The van der Waals surface area contributed by atoms with Gasteiger partial charge in [-0.05, 0) is 41.7 Å². The minimum atomic E-state index is -4.41. The van der Waals surface area contributed by atoms with Crippen molar-refractivity contribution in [3.8, 4) is 0 Å². The van der Waals surface area contributed by atoms with Gasteiger partial charge < -0.3 is 0 Å². The zero-order valence-electron chi connectivity index (χ0n) is 12.2. The van der Waals surface area contributed by atoms with Crippen molar-refractivity contribution in [2.75, 3.05) is 0 Å². The quantitative estimate of drug-likeness (QED) is 0.852. The van der Waals surface area contributed by atoms with Crippen LogP contribution in [0.4, 0.5) is 13.2 Å². The zero-order valence-corrected chi connectivity index (χ0v) is 13.0. The number of benzene rings is 2. The summed E-state index contributed by atoms with van der Waals surface area (Å²) in [6.45, 7) is 0. The second-order valence-corrected chi connectivity index (χ2v) is 8.08. The second kappa shape index (κ2) is 5.67. The van der Waals surface area contributed by atoms with E-state index in [1.807, 2.05) is 24.3 Å². The molecule has 122 valence electrons. The highest BCUT2D eigenvalue weighted by Gasteiger charge is 2.33. The van der Waals surface area contributed by atoms with Gasteiger partial charge in [-0.1, -0.05) is 36.4 Å². The molecule has 0 atom stereocenters. The molecule has 1 aliphatic carbocycles. The summed E-state index contributed by atoms with van der Waals surface area (Å²) < 4.78 is 62.7. The molecular formula is C17H15F3O2S. The van der Waals surface area contributed by atoms with Gasteiger partial charge in [-0.2, -0.15) is 13.2 Å². The molecule has 0 heterocycles. The van der Waals surface area contributed by atoms with E-state index in [0.717, 1.165) is 23.3 Å². The van der Waals surface area contributed by atoms with Crippen LogP contribution in [0.2, 0.25) is 0 Å². The van der Waals surface area contributed by atoms with E-state index in [1.165, 1.54) is 12.1 Å². The topological polar surface area (TPSA) is 34.1 Å². The van der Waals surface area contributed by atoms with Crippen molar-refractivity contribution in [1.82, 2.24) is 0 Å². The number of alkyl halides is 3. The summed E-state index contributed by atoms with van der Waals surface area (Å²) in [6, 6.07) is 11.9. The average Bonchev–Trinajstić information content (AvgIpc) is 2.91. The van der Waals surface area contributed by atoms with Crippen LogP contribution in [0.15, 0.2) is 48.5 Å². The van der Waals surface area contributed by atoms with Crippen molar-refractivity contribution in [3.63, 3.8) is 0 Å². The number of hydrogen-bond donors (Lipinski definition) is 0. The number of fused-ring (bicyclic) bond motifs is 1. The van der Waals surface area contributed by atoms with Crippen LogP contribution in [0.1, 0.15) is 22.3 Å². The fraction of sp³-hybridized carbons (Fsp3) is 0.294. The molecule has 2 aromatic carbocycles. The van der Waals surface area contributed by atoms with Crippen LogP contribution < -0.4 is 0 Å². The largest absolute Gasteiger partial charge is 0.416 e. The summed E-state index contributed by atoms with van der Waals surface area (Å²) in [5.41, 5.74) is 1.68. The molecule has 0 fully saturated rings. The van der Waals surface area contributed by atoms with E-state index < -0.39 is 26.8 Å². The lowest BCUT2D eigenvalue weighted by Crippen LogP contribution is -2.23. The molecule has 0 aromatic heterocycles. The molecule has 0 aliphatic heterocycles. The fourth-order valence-corrected chi connectivity index (χ4v) is 4.67. The predicted molar refractivity (Wildman–Crippen MR) is 81.7 cm³/mol. The average molecular weight is 340 g/mol. The van der Waals surface area contributed by atoms with E-state index in [-0.39, 0.29) is 5.75 Å². The molecule has 2 aromatic rings. The molecule has 0 radical (unpaired) electrons. The van der Waals surface area contributed by atoms with Crippen LogP contribution in [0.5, 0.6) is 0 Å². The lowest BCUT2D eigenvalue weighted by atomic mass is 10.1. The fourth-order valence-electron chi connectivity index (χ4n) is 2.91. The number of sulfone groups is 1. The highest BCUT2D eigenvalue weighted by molar-refractivity contribution is 7.91. The molecule has 2 nitrogen and oxygen atoms in total. The van der Waals surface area contributed by atoms with Crippen molar-refractivity contribution in [1.29, 1.82) is 0 Å². The Morgan fingerprint density at radius 2 is 1.43 bits per heavy atom. The summed E-state index contributed by atoms with van der Waals surface area (Å²) in [6.07, 6.45) is -3.47. The van der Waals surface area contributed by atoms with Crippen molar-refractivity contribution in [2.45, 2.75) is 30.0 Å². The lowest BCUT2D eigenvalue weighted by molar-refractivity contribution is -0.137. The molecule has 0 amide bonds. The van der Waals surface area contributed by atoms with Gasteiger partial charge in [-0.25, -0.2) is 8.42 Å². The van der Waals surface area contributed by atoms with E-state index in [9.17, 15) is 21.6 Å². The summed E-state index contributed by atoms with van der Waals surface area (Å²) in [5.74, 6) is -0.232. The first-order chi connectivity index (χ1) is 10.8. The third-order valence-corrected chi connectivity index (χ3v) is 6.26. The smallest absolute Gasteiger partial charge is 0.228 e. The molecule has 0 saturated carbocycles. The Morgan fingerprint density at radius 3 is 1.91 bits per heavy atom. The van der Waals surface area contributed by atoms with Crippen molar-refractivity contribution in [2.24, 2.45) is 0 Å². The van der Waals surface area contributed by atoms with Crippen molar-refractivity contribution < 1.29 is 21.6 Å².